The number of amides is 3. The number of ether oxygens (including phenoxy) is 1. The number of hydrogen-bond acceptors (Lipinski definition) is 8. The monoisotopic (exact) mass is 687 g/mol. The third kappa shape index (κ3) is 11.2. The molecular weight excluding hydrogens is 645 g/mol. The number of halogens is 2. The van der Waals surface area contributed by atoms with Gasteiger partial charge >= 0.3 is 6.03 Å². The molecule has 1 aromatic heterocycles. The number of guanidine groups is 1. The molecule has 47 heavy (non-hydrogen) atoms. The molecule has 4 rings (SSSR count). The highest BCUT2D eigenvalue weighted by Gasteiger charge is 2.32. The summed E-state index contributed by atoms with van der Waals surface area (Å²) in [6.45, 7) is 11.1. The number of pyridine rings is 1. The second-order valence-electron chi connectivity index (χ2n) is 11.8. The van der Waals surface area contributed by atoms with Crippen molar-refractivity contribution in [2.75, 3.05) is 59.4 Å². The molecule has 2 aliphatic rings. The molecule has 2 fully saturated rings. The molecule has 3 heterocycles. The normalized spacial score (nSPS) is 17.7. The van der Waals surface area contributed by atoms with Crippen LogP contribution in [-0.2, 0) is 11.3 Å². The van der Waals surface area contributed by atoms with E-state index < -0.39 is 5.60 Å². The summed E-state index contributed by atoms with van der Waals surface area (Å²) in [5.41, 5.74) is 6.67. The second-order valence-corrected chi connectivity index (χ2v) is 12.6. The third-order valence-electron chi connectivity index (χ3n) is 8.12. The van der Waals surface area contributed by atoms with Crippen LogP contribution in [0.15, 0.2) is 52.3 Å². The number of aliphatic imine (C=N–C) groups is 2. The van der Waals surface area contributed by atoms with Gasteiger partial charge in [0.05, 0.1) is 17.5 Å². The van der Waals surface area contributed by atoms with Crippen LogP contribution in [0.3, 0.4) is 0 Å². The number of carbonyl (C=O) groups is 2. The second kappa shape index (κ2) is 16.9. The number of allylic oxidation sites excluding steroid dienone is 1. The average Bonchev–Trinajstić information content (AvgIpc) is 3.04. The quantitative estimate of drug-likeness (QED) is 0.159. The highest BCUT2D eigenvalue weighted by molar-refractivity contribution is 6.35. The molecule has 15 heteroatoms. The van der Waals surface area contributed by atoms with Gasteiger partial charge in [-0.25, -0.2) is 19.8 Å². The number of rotatable bonds is 11. The molecule has 2 aromatic rings. The standard InChI is InChI=1S/C32H43Cl2N9O4/c1-22(19-38-30(36-2)43-12-10-41(11-13-43)7-4-28(35)44)47-29-15-23(14-27(40-29)24-16-25(33)18-26(34)17-24)20-42-8-5-32(46,6-9-42)21-39-31(45)37-3/h14-19,46H,2,4-13,20-21H2,1,3H3,(H2,35,44)(H2,37,39,45)/b22-19+,38-30?. The van der Waals surface area contributed by atoms with Crippen molar-refractivity contribution in [1.29, 1.82) is 0 Å². The van der Waals surface area contributed by atoms with Crippen molar-refractivity contribution < 1.29 is 19.4 Å². The summed E-state index contributed by atoms with van der Waals surface area (Å²) in [6, 6.07) is 8.80. The number of carbonyl (C=O) groups excluding carboxylic acids is 2. The number of likely N-dealkylation sites (tertiary alicyclic amines) is 1. The number of aromatic nitrogens is 1. The fourth-order valence-corrected chi connectivity index (χ4v) is 5.98. The molecule has 2 aliphatic heterocycles. The molecule has 5 N–H and O–H groups in total. The van der Waals surface area contributed by atoms with Crippen molar-refractivity contribution in [3.05, 3.63) is 57.9 Å². The van der Waals surface area contributed by atoms with Crippen molar-refractivity contribution in [2.45, 2.75) is 38.3 Å². The SMILES string of the molecule is C=NC(=N/C=C(\C)Oc1cc(CN2CCC(O)(CNC(=O)NC)CC2)cc(-c2cc(Cl)cc(Cl)c2)n1)N1CCN(CCC(N)=O)CC1. The van der Waals surface area contributed by atoms with Crippen LogP contribution in [0.4, 0.5) is 4.79 Å². The molecule has 13 nitrogen and oxygen atoms in total. The molecule has 254 valence electrons. The molecule has 2 saturated heterocycles. The van der Waals surface area contributed by atoms with Crippen LogP contribution in [0.2, 0.25) is 10.0 Å². The van der Waals surface area contributed by atoms with Gasteiger partial charge in [-0.05, 0) is 56.3 Å². The van der Waals surface area contributed by atoms with Gasteiger partial charge in [0.1, 0.15) is 5.76 Å². The minimum Gasteiger partial charge on any atom is -0.442 e. The maximum atomic E-state index is 11.6. The van der Waals surface area contributed by atoms with E-state index in [1.54, 1.807) is 38.4 Å². The van der Waals surface area contributed by atoms with Crippen molar-refractivity contribution in [2.24, 2.45) is 15.7 Å². The van der Waals surface area contributed by atoms with Gasteiger partial charge in [-0.2, -0.15) is 0 Å². The maximum absolute atomic E-state index is 11.6. The maximum Gasteiger partial charge on any atom is 0.314 e. The van der Waals surface area contributed by atoms with E-state index in [0.29, 0.717) is 91.9 Å². The number of piperidine rings is 1. The zero-order valence-electron chi connectivity index (χ0n) is 26.8. The molecule has 0 bridgehead atoms. The van der Waals surface area contributed by atoms with Crippen LogP contribution in [-0.4, -0.2) is 114 Å². The summed E-state index contributed by atoms with van der Waals surface area (Å²) in [6.07, 6.45) is 2.96. The van der Waals surface area contributed by atoms with Crippen molar-refractivity contribution in [3.8, 4) is 17.1 Å². The Morgan fingerprint density at radius 3 is 2.38 bits per heavy atom. The van der Waals surface area contributed by atoms with E-state index in [-0.39, 0.29) is 18.5 Å². The Morgan fingerprint density at radius 1 is 1.09 bits per heavy atom. The lowest BCUT2D eigenvalue weighted by atomic mass is 9.91. The van der Waals surface area contributed by atoms with E-state index >= 15 is 0 Å². The number of urea groups is 1. The van der Waals surface area contributed by atoms with Crippen molar-refractivity contribution in [3.63, 3.8) is 0 Å². The number of hydrogen-bond donors (Lipinski definition) is 4. The number of piperazine rings is 1. The first-order valence-corrected chi connectivity index (χ1v) is 16.2. The molecule has 0 unspecified atom stereocenters. The lowest BCUT2D eigenvalue weighted by Gasteiger charge is -2.38. The van der Waals surface area contributed by atoms with Crippen molar-refractivity contribution in [1.82, 2.24) is 30.3 Å². The van der Waals surface area contributed by atoms with Gasteiger partial charge in [0, 0.05) is 94.0 Å². The van der Waals surface area contributed by atoms with E-state index in [0.717, 1.165) is 24.2 Å². The Hall–Kier alpha value is -3.75. The Balaban J connectivity index is 1.47. The molecule has 1 aromatic carbocycles. The van der Waals surface area contributed by atoms with Crippen LogP contribution in [0.5, 0.6) is 5.88 Å². The smallest absolute Gasteiger partial charge is 0.314 e. The van der Waals surface area contributed by atoms with Crippen LogP contribution in [0.25, 0.3) is 11.3 Å². The number of benzene rings is 1. The van der Waals surface area contributed by atoms with E-state index in [4.69, 9.17) is 38.7 Å². The summed E-state index contributed by atoms with van der Waals surface area (Å²) >= 11 is 12.6. The number of nitrogens with one attached hydrogen (secondary N) is 2. The molecule has 0 atom stereocenters. The van der Waals surface area contributed by atoms with Crippen LogP contribution >= 0.6 is 23.2 Å². The summed E-state index contributed by atoms with van der Waals surface area (Å²) in [4.78, 5) is 42.6. The van der Waals surface area contributed by atoms with Crippen LogP contribution < -0.4 is 21.1 Å². The Morgan fingerprint density at radius 2 is 1.77 bits per heavy atom. The molecule has 0 radical (unpaired) electrons. The molecule has 0 spiro atoms. The Kier molecular flexibility index (Phi) is 13.0. The first-order chi connectivity index (χ1) is 22.4. The Labute approximate surface area is 285 Å². The molecular formula is C32H43Cl2N9O4. The van der Waals surface area contributed by atoms with Gasteiger partial charge in [0.2, 0.25) is 17.7 Å². The fourth-order valence-electron chi connectivity index (χ4n) is 5.45. The topological polar surface area (TPSA) is 161 Å². The average molecular weight is 689 g/mol. The number of aliphatic hydroxyl groups is 1. The summed E-state index contributed by atoms with van der Waals surface area (Å²) < 4.78 is 6.16. The fraction of sp³-hybridized carbons (Fsp3) is 0.469. The van der Waals surface area contributed by atoms with Gasteiger partial charge in [-0.15, -0.1) is 0 Å². The highest BCUT2D eigenvalue weighted by atomic mass is 35.5. The number of nitrogens with zero attached hydrogens (tertiary/aromatic N) is 6. The van der Waals surface area contributed by atoms with Gasteiger partial charge in [-0.1, -0.05) is 23.2 Å². The minimum atomic E-state index is -0.960. The number of nitrogens with two attached hydrogens (primary N) is 1. The van der Waals surface area contributed by atoms with E-state index in [2.05, 4.69) is 37.1 Å². The van der Waals surface area contributed by atoms with E-state index in [9.17, 15) is 14.7 Å². The lowest BCUT2D eigenvalue weighted by Crippen LogP contribution is -2.51. The number of primary amides is 1. The molecule has 3 amide bonds. The molecule has 0 aliphatic carbocycles. The van der Waals surface area contributed by atoms with Gasteiger partial charge in [0.25, 0.3) is 0 Å². The van der Waals surface area contributed by atoms with Gasteiger partial charge in [0.15, 0.2) is 0 Å². The predicted octanol–water partition coefficient (Wildman–Crippen LogP) is 3.10. The Bertz CT molecular complexity index is 1470. The summed E-state index contributed by atoms with van der Waals surface area (Å²) in [5, 5.41) is 17.2. The molecule has 0 saturated carbocycles. The first kappa shape index (κ1) is 36.1. The van der Waals surface area contributed by atoms with Crippen LogP contribution in [0.1, 0.15) is 31.7 Å². The van der Waals surface area contributed by atoms with Gasteiger partial charge in [-0.3, -0.25) is 14.6 Å². The minimum absolute atomic E-state index is 0.192. The van der Waals surface area contributed by atoms with Crippen LogP contribution in [0, 0.1) is 0 Å². The van der Waals surface area contributed by atoms with Crippen molar-refractivity contribution >= 4 is 47.8 Å². The first-order valence-electron chi connectivity index (χ1n) is 15.5. The lowest BCUT2D eigenvalue weighted by molar-refractivity contribution is -0.118. The van der Waals surface area contributed by atoms with E-state index in [1.807, 2.05) is 17.0 Å². The third-order valence-corrected chi connectivity index (χ3v) is 8.55. The summed E-state index contributed by atoms with van der Waals surface area (Å²) in [7, 11) is 1.54. The summed E-state index contributed by atoms with van der Waals surface area (Å²) in [5.74, 6) is 1.04. The van der Waals surface area contributed by atoms with Gasteiger partial charge < -0.3 is 31.1 Å². The highest BCUT2D eigenvalue weighted by Crippen LogP contribution is 2.30. The van der Waals surface area contributed by atoms with E-state index in [1.165, 1.54) is 0 Å². The zero-order chi connectivity index (χ0) is 34.0. The largest absolute Gasteiger partial charge is 0.442 e. The zero-order valence-corrected chi connectivity index (χ0v) is 28.4. The predicted molar refractivity (Wildman–Crippen MR) is 185 cm³/mol.